The summed E-state index contributed by atoms with van der Waals surface area (Å²) < 4.78 is 5.47. The lowest BCUT2D eigenvalue weighted by Crippen LogP contribution is -2.48. The number of hydrogen-bond acceptors (Lipinski definition) is 6. The van der Waals surface area contributed by atoms with Gasteiger partial charge < -0.3 is 20.5 Å². The van der Waals surface area contributed by atoms with Crippen LogP contribution in [0.4, 0.5) is 4.79 Å². The van der Waals surface area contributed by atoms with Crippen LogP contribution in [0, 0.1) is 11.8 Å². The highest BCUT2D eigenvalue weighted by molar-refractivity contribution is 5.79. The van der Waals surface area contributed by atoms with Crippen LogP contribution in [-0.4, -0.2) is 50.0 Å². The lowest BCUT2D eigenvalue weighted by atomic mass is 9.88. The standard InChI is InChI=1S/C30H41N5O4/c1-20(2)26(27-31-19-32-35-27)34-28(37)23(16-21-12-8-6-9-13-21)18-25(36)24(17-22-14-10-7-11-15-22)33-29(38)39-30(3,4)5/h6-15,19-20,23-26,36H,16-18H2,1-5H3,(H,33,38)(H,34,37)(H,31,32,35)/t23-,24+,25+,26+/m1/s1. The number of hydrogen-bond donors (Lipinski definition) is 4. The van der Waals surface area contributed by atoms with E-state index in [9.17, 15) is 14.7 Å². The molecule has 0 aliphatic heterocycles. The van der Waals surface area contributed by atoms with E-state index in [0.29, 0.717) is 18.7 Å². The number of benzene rings is 2. The second-order valence-corrected chi connectivity index (χ2v) is 11.2. The fourth-order valence-corrected chi connectivity index (χ4v) is 4.43. The van der Waals surface area contributed by atoms with Crippen molar-refractivity contribution >= 4 is 12.0 Å². The van der Waals surface area contributed by atoms with Crippen LogP contribution in [0.25, 0.3) is 0 Å². The molecule has 1 aromatic heterocycles. The Morgan fingerprint density at radius 2 is 1.54 bits per heavy atom. The van der Waals surface area contributed by atoms with E-state index in [0.717, 1.165) is 11.1 Å². The molecule has 0 saturated heterocycles. The van der Waals surface area contributed by atoms with Gasteiger partial charge in [-0.15, -0.1) is 0 Å². The molecule has 4 atom stereocenters. The minimum absolute atomic E-state index is 0.0591. The first-order valence-electron chi connectivity index (χ1n) is 13.4. The quantitative estimate of drug-likeness (QED) is 0.273. The Kier molecular flexibility index (Phi) is 10.6. The summed E-state index contributed by atoms with van der Waals surface area (Å²) >= 11 is 0. The van der Waals surface area contributed by atoms with Gasteiger partial charge in [-0.2, -0.15) is 5.10 Å². The number of H-pyrrole nitrogens is 1. The van der Waals surface area contributed by atoms with Gasteiger partial charge in [-0.25, -0.2) is 9.78 Å². The molecule has 2 aromatic carbocycles. The summed E-state index contributed by atoms with van der Waals surface area (Å²) in [5.74, 6) is -0.135. The van der Waals surface area contributed by atoms with E-state index in [1.165, 1.54) is 6.33 Å². The summed E-state index contributed by atoms with van der Waals surface area (Å²) in [6.07, 6.45) is 0.730. The molecule has 0 aliphatic carbocycles. The topological polar surface area (TPSA) is 129 Å². The van der Waals surface area contributed by atoms with Gasteiger partial charge in [-0.3, -0.25) is 9.89 Å². The predicted octanol–water partition coefficient (Wildman–Crippen LogP) is 4.36. The number of ether oxygens (including phenoxy) is 1. The number of alkyl carbamates (subject to hydrolysis) is 1. The first-order valence-corrected chi connectivity index (χ1v) is 13.4. The second kappa shape index (κ2) is 13.9. The van der Waals surface area contributed by atoms with E-state index < -0.39 is 29.8 Å². The van der Waals surface area contributed by atoms with Gasteiger partial charge in [0.1, 0.15) is 17.8 Å². The number of aliphatic hydroxyl groups excluding tert-OH is 1. The number of nitrogens with one attached hydrogen (secondary N) is 3. The van der Waals surface area contributed by atoms with E-state index in [1.54, 1.807) is 20.8 Å². The molecule has 3 aromatic rings. The zero-order valence-corrected chi connectivity index (χ0v) is 23.4. The Labute approximate surface area is 230 Å². The van der Waals surface area contributed by atoms with E-state index in [2.05, 4.69) is 25.8 Å². The van der Waals surface area contributed by atoms with Crippen molar-refractivity contribution in [3.05, 3.63) is 83.9 Å². The van der Waals surface area contributed by atoms with Gasteiger partial charge in [0.05, 0.1) is 18.2 Å². The number of carbonyl (C=O) groups excluding carboxylic acids is 2. The largest absolute Gasteiger partial charge is 0.444 e. The molecule has 2 amide bonds. The van der Waals surface area contributed by atoms with Crippen molar-refractivity contribution in [2.24, 2.45) is 11.8 Å². The summed E-state index contributed by atoms with van der Waals surface area (Å²) in [6.45, 7) is 9.35. The van der Waals surface area contributed by atoms with Crippen LogP contribution in [0.1, 0.15) is 64.0 Å². The average molecular weight is 536 g/mol. The summed E-state index contributed by atoms with van der Waals surface area (Å²) in [7, 11) is 0. The summed E-state index contributed by atoms with van der Waals surface area (Å²) in [6, 6.07) is 18.3. The van der Waals surface area contributed by atoms with E-state index in [1.807, 2.05) is 74.5 Å². The van der Waals surface area contributed by atoms with Crippen molar-refractivity contribution in [1.29, 1.82) is 0 Å². The number of carbonyl (C=O) groups is 2. The molecular weight excluding hydrogens is 494 g/mol. The molecule has 1 heterocycles. The van der Waals surface area contributed by atoms with E-state index in [-0.39, 0.29) is 24.3 Å². The number of nitrogens with zero attached hydrogens (tertiary/aromatic N) is 2. The van der Waals surface area contributed by atoms with Crippen LogP contribution in [-0.2, 0) is 22.4 Å². The van der Waals surface area contributed by atoms with Gasteiger partial charge in [0.2, 0.25) is 5.91 Å². The summed E-state index contributed by atoms with van der Waals surface area (Å²) in [5, 5.41) is 24.2. The van der Waals surface area contributed by atoms with Gasteiger partial charge in [-0.05, 0) is 57.1 Å². The van der Waals surface area contributed by atoms with Gasteiger partial charge in [0.15, 0.2) is 0 Å². The minimum atomic E-state index is -1.01. The van der Waals surface area contributed by atoms with Gasteiger partial charge in [0, 0.05) is 5.92 Å². The highest BCUT2D eigenvalue weighted by Crippen LogP contribution is 2.23. The fraction of sp³-hybridized carbons (Fsp3) is 0.467. The zero-order chi connectivity index (χ0) is 28.4. The van der Waals surface area contributed by atoms with Crippen molar-refractivity contribution in [3.8, 4) is 0 Å². The van der Waals surface area contributed by atoms with Gasteiger partial charge in [0.25, 0.3) is 0 Å². The number of aliphatic hydroxyl groups is 1. The molecule has 39 heavy (non-hydrogen) atoms. The van der Waals surface area contributed by atoms with Crippen molar-refractivity contribution in [2.75, 3.05) is 0 Å². The molecule has 0 bridgehead atoms. The Bertz CT molecular complexity index is 1150. The molecule has 9 heteroatoms. The molecule has 0 fully saturated rings. The van der Waals surface area contributed by atoms with Gasteiger partial charge in [-0.1, -0.05) is 74.5 Å². The van der Waals surface area contributed by atoms with Crippen LogP contribution >= 0.6 is 0 Å². The SMILES string of the molecule is CC(C)[C@H](NC(=O)[C@H](Cc1ccccc1)C[C@H](O)[C@H](Cc1ccccc1)NC(=O)OC(C)(C)C)c1ncn[nH]1. The number of rotatable bonds is 12. The lowest BCUT2D eigenvalue weighted by molar-refractivity contribution is -0.127. The molecule has 0 unspecified atom stereocenters. The Morgan fingerprint density at radius 1 is 0.949 bits per heavy atom. The Morgan fingerprint density at radius 3 is 2.05 bits per heavy atom. The first-order chi connectivity index (χ1) is 18.5. The van der Waals surface area contributed by atoms with E-state index in [4.69, 9.17) is 4.74 Å². The molecule has 0 radical (unpaired) electrons. The number of amides is 2. The number of aromatic nitrogens is 3. The highest BCUT2D eigenvalue weighted by atomic mass is 16.6. The van der Waals surface area contributed by atoms with Crippen LogP contribution in [0.3, 0.4) is 0 Å². The molecule has 0 saturated carbocycles. The molecule has 0 aliphatic rings. The molecule has 0 spiro atoms. The third kappa shape index (κ3) is 9.83. The van der Waals surface area contributed by atoms with Crippen molar-refractivity contribution in [3.63, 3.8) is 0 Å². The molecule has 210 valence electrons. The highest BCUT2D eigenvalue weighted by Gasteiger charge is 2.32. The van der Waals surface area contributed by atoms with Crippen molar-refractivity contribution in [2.45, 2.75) is 77.7 Å². The molecule has 3 rings (SSSR count). The van der Waals surface area contributed by atoms with Crippen LogP contribution in [0.15, 0.2) is 67.0 Å². The van der Waals surface area contributed by atoms with Crippen LogP contribution in [0.2, 0.25) is 0 Å². The molecule has 9 nitrogen and oxygen atoms in total. The third-order valence-corrected chi connectivity index (χ3v) is 6.38. The minimum Gasteiger partial charge on any atom is -0.444 e. The average Bonchev–Trinajstić information content (AvgIpc) is 3.41. The zero-order valence-electron chi connectivity index (χ0n) is 23.4. The second-order valence-electron chi connectivity index (χ2n) is 11.2. The maximum absolute atomic E-state index is 13.7. The van der Waals surface area contributed by atoms with E-state index >= 15 is 0 Å². The summed E-state index contributed by atoms with van der Waals surface area (Å²) in [5.41, 5.74) is 1.24. The molecular formula is C30H41N5O4. The Hall–Kier alpha value is -3.72. The van der Waals surface area contributed by atoms with Crippen molar-refractivity contribution in [1.82, 2.24) is 25.8 Å². The normalized spacial score (nSPS) is 14.7. The predicted molar refractivity (Wildman–Crippen MR) is 150 cm³/mol. The smallest absolute Gasteiger partial charge is 0.407 e. The number of aromatic amines is 1. The molecule has 4 N–H and O–H groups in total. The fourth-order valence-electron chi connectivity index (χ4n) is 4.43. The first kappa shape index (κ1) is 29.8. The van der Waals surface area contributed by atoms with Crippen molar-refractivity contribution < 1.29 is 19.4 Å². The monoisotopic (exact) mass is 535 g/mol. The Balaban J connectivity index is 1.83. The van der Waals surface area contributed by atoms with Crippen LogP contribution < -0.4 is 10.6 Å². The van der Waals surface area contributed by atoms with Gasteiger partial charge >= 0.3 is 6.09 Å². The maximum atomic E-state index is 13.7. The maximum Gasteiger partial charge on any atom is 0.407 e. The van der Waals surface area contributed by atoms with Crippen LogP contribution in [0.5, 0.6) is 0 Å². The third-order valence-electron chi connectivity index (χ3n) is 6.38. The summed E-state index contributed by atoms with van der Waals surface area (Å²) in [4.78, 5) is 30.6. The lowest BCUT2D eigenvalue weighted by Gasteiger charge is -2.30.